The summed E-state index contributed by atoms with van der Waals surface area (Å²) in [6.07, 6.45) is 4.97. The van der Waals surface area contributed by atoms with Gasteiger partial charge in [-0.15, -0.1) is 0 Å². The third-order valence-corrected chi connectivity index (χ3v) is 6.04. The van der Waals surface area contributed by atoms with E-state index in [2.05, 4.69) is 28.6 Å². The summed E-state index contributed by atoms with van der Waals surface area (Å²) in [5.41, 5.74) is 5.24. The molecule has 1 aliphatic rings. The topological polar surface area (TPSA) is 46.9 Å². The number of rotatable bonds is 4. The average molecular weight is 416 g/mol. The van der Waals surface area contributed by atoms with Crippen molar-refractivity contribution in [1.82, 2.24) is 15.1 Å². The fourth-order valence-corrected chi connectivity index (χ4v) is 4.50. The van der Waals surface area contributed by atoms with Crippen LogP contribution in [-0.2, 0) is 13.0 Å². The second kappa shape index (κ2) is 7.96. The Morgan fingerprint density at radius 3 is 2.90 bits per heavy atom. The molecule has 150 valence electrons. The molecule has 0 fully saturated rings. The van der Waals surface area contributed by atoms with Crippen molar-refractivity contribution < 1.29 is 4.79 Å². The van der Waals surface area contributed by atoms with Crippen LogP contribution in [0.25, 0.3) is 10.9 Å². The van der Waals surface area contributed by atoms with Crippen molar-refractivity contribution in [3.05, 3.63) is 100 Å². The van der Waals surface area contributed by atoms with E-state index in [1.54, 1.807) is 0 Å². The number of benzene rings is 3. The maximum atomic E-state index is 13.0. The Labute approximate surface area is 180 Å². The highest BCUT2D eigenvalue weighted by atomic mass is 35.5. The van der Waals surface area contributed by atoms with Gasteiger partial charge in [0.1, 0.15) is 0 Å². The first kappa shape index (κ1) is 18.9. The molecule has 1 N–H and O–H groups in total. The summed E-state index contributed by atoms with van der Waals surface area (Å²) >= 11 is 6.12. The average Bonchev–Trinajstić information content (AvgIpc) is 3.16. The first-order valence-electron chi connectivity index (χ1n) is 10.3. The van der Waals surface area contributed by atoms with Crippen LogP contribution >= 0.6 is 11.6 Å². The number of amides is 1. The summed E-state index contributed by atoms with van der Waals surface area (Å²) in [6, 6.07) is 22.0. The van der Waals surface area contributed by atoms with Crippen LogP contribution in [0.5, 0.6) is 0 Å². The first-order chi connectivity index (χ1) is 14.7. The predicted octanol–water partition coefficient (Wildman–Crippen LogP) is 5.55. The van der Waals surface area contributed by atoms with E-state index >= 15 is 0 Å². The Hall–Kier alpha value is -3.11. The molecule has 0 spiro atoms. The van der Waals surface area contributed by atoms with Gasteiger partial charge < -0.3 is 5.32 Å². The molecular weight excluding hydrogens is 394 g/mol. The molecule has 3 aromatic carbocycles. The molecule has 4 nitrogen and oxygen atoms in total. The van der Waals surface area contributed by atoms with Gasteiger partial charge in [0.2, 0.25) is 0 Å². The fourth-order valence-electron chi connectivity index (χ4n) is 4.29. The molecule has 0 aliphatic heterocycles. The number of hydrogen-bond donors (Lipinski definition) is 1. The Morgan fingerprint density at radius 1 is 1.10 bits per heavy atom. The van der Waals surface area contributed by atoms with E-state index in [0.29, 0.717) is 17.1 Å². The molecule has 1 atom stereocenters. The summed E-state index contributed by atoms with van der Waals surface area (Å²) in [7, 11) is 0. The van der Waals surface area contributed by atoms with Crippen molar-refractivity contribution in [3.63, 3.8) is 0 Å². The van der Waals surface area contributed by atoms with Crippen molar-refractivity contribution >= 4 is 28.4 Å². The third kappa shape index (κ3) is 3.71. The quantitative estimate of drug-likeness (QED) is 0.475. The lowest BCUT2D eigenvalue weighted by atomic mass is 9.87. The minimum atomic E-state index is -0.0471. The van der Waals surface area contributed by atoms with Crippen LogP contribution in [0.15, 0.2) is 72.9 Å². The minimum absolute atomic E-state index is 0.0471. The molecule has 0 radical (unpaired) electrons. The van der Waals surface area contributed by atoms with Crippen LogP contribution in [-0.4, -0.2) is 15.7 Å². The maximum Gasteiger partial charge on any atom is 0.251 e. The van der Waals surface area contributed by atoms with Gasteiger partial charge in [-0.05, 0) is 60.2 Å². The molecule has 0 saturated carbocycles. The van der Waals surface area contributed by atoms with Crippen molar-refractivity contribution in [3.8, 4) is 0 Å². The van der Waals surface area contributed by atoms with Crippen molar-refractivity contribution in [2.45, 2.75) is 31.8 Å². The van der Waals surface area contributed by atoms with Crippen LogP contribution in [0.1, 0.15) is 45.9 Å². The Bertz CT molecular complexity index is 1230. The lowest BCUT2D eigenvalue weighted by Crippen LogP contribution is -2.30. The molecule has 5 rings (SSSR count). The second-order valence-corrected chi connectivity index (χ2v) is 8.26. The SMILES string of the molecule is O=C(N[C@@H]1CCCc2ccccc21)c1ccc2cnn(Cc3cccc(Cl)c3)c2c1. The molecule has 1 heterocycles. The predicted molar refractivity (Wildman–Crippen MR) is 120 cm³/mol. The van der Waals surface area contributed by atoms with Gasteiger partial charge in [0.15, 0.2) is 0 Å². The number of fused-ring (bicyclic) bond motifs is 2. The van der Waals surface area contributed by atoms with Gasteiger partial charge in [-0.25, -0.2) is 0 Å². The number of hydrogen-bond acceptors (Lipinski definition) is 2. The molecule has 5 heteroatoms. The number of nitrogens with zero attached hydrogens (tertiary/aromatic N) is 2. The number of halogens is 1. The van der Waals surface area contributed by atoms with Gasteiger partial charge in [-0.2, -0.15) is 5.10 Å². The number of carbonyl (C=O) groups excluding carboxylic acids is 1. The third-order valence-electron chi connectivity index (χ3n) is 5.80. The summed E-state index contributed by atoms with van der Waals surface area (Å²) < 4.78 is 1.91. The van der Waals surface area contributed by atoms with Gasteiger partial charge in [-0.1, -0.05) is 54.1 Å². The Balaban J connectivity index is 1.40. The number of carbonyl (C=O) groups is 1. The van der Waals surface area contributed by atoms with Gasteiger partial charge in [0.05, 0.1) is 24.3 Å². The van der Waals surface area contributed by atoms with Crippen LogP contribution in [0.4, 0.5) is 0 Å². The summed E-state index contributed by atoms with van der Waals surface area (Å²) in [4.78, 5) is 13.0. The van der Waals surface area contributed by atoms with E-state index in [1.165, 1.54) is 11.1 Å². The van der Waals surface area contributed by atoms with Gasteiger partial charge >= 0.3 is 0 Å². The molecule has 1 amide bonds. The highest BCUT2D eigenvalue weighted by molar-refractivity contribution is 6.30. The summed E-state index contributed by atoms with van der Waals surface area (Å²) in [5, 5.41) is 9.46. The van der Waals surface area contributed by atoms with Crippen molar-refractivity contribution in [2.24, 2.45) is 0 Å². The number of aryl methyl sites for hydroxylation is 1. The maximum absolute atomic E-state index is 13.0. The van der Waals surface area contributed by atoms with Crippen LogP contribution in [0.2, 0.25) is 5.02 Å². The monoisotopic (exact) mass is 415 g/mol. The summed E-state index contributed by atoms with van der Waals surface area (Å²) in [6.45, 7) is 0.602. The lowest BCUT2D eigenvalue weighted by molar-refractivity contribution is 0.0933. The number of nitrogens with one attached hydrogen (secondary N) is 1. The highest BCUT2D eigenvalue weighted by Crippen LogP contribution is 2.30. The molecule has 1 aliphatic carbocycles. The van der Waals surface area contributed by atoms with Crippen molar-refractivity contribution in [1.29, 1.82) is 0 Å². The normalized spacial score (nSPS) is 15.7. The Morgan fingerprint density at radius 2 is 2.00 bits per heavy atom. The molecule has 1 aromatic heterocycles. The second-order valence-electron chi connectivity index (χ2n) is 7.82. The van der Waals surface area contributed by atoms with Crippen LogP contribution in [0.3, 0.4) is 0 Å². The largest absolute Gasteiger partial charge is 0.345 e. The van der Waals surface area contributed by atoms with Gasteiger partial charge in [-0.3, -0.25) is 9.48 Å². The van der Waals surface area contributed by atoms with E-state index < -0.39 is 0 Å². The molecule has 0 bridgehead atoms. The fraction of sp³-hybridized carbons (Fsp3) is 0.200. The highest BCUT2D eigenvalue weighted by Gasteiger charge is 2.22. The molecule has 0 unspecified atom stereocenters. The number of aromatic nitrogens is 2. The van der Waals surface area contributed by atoms with Crippen molar-refractivity contribution in [2.75, 3.05) is 0 Å². The van der Waals surface area contributed by atoms with Gasteiger partial charge in [0, 0.05) is 16.0 Å². The van der Waals surface area contributed by atoms with E-state index in [-0.39, 0.29) is 11.9 Å². The van der Waals surface area contributed by atoms with E-state index in [9.17, 15) is 4.79 Å². The Kier molecular flexibility index (Phi) is 5.01. The van der Waals surface area contributed by atoms with E-state index in [1.807, 2.05) is 59.4 Å². The minimum Gasteiger partial charge on any atom is -0.345 e. The van der Waals surface area contributed by atoms with Gasteiger partial charge in [0.25, 0.3) is 5.91 Å². The molecular formula is C25H22ClN3O. The summed E-state index contributed by atoms with van der Waals surface area (Å²) in [5.74, 6) is -0.0471. The molecule has 0 saturated heterocycles. The van der Waals surface area contributed by atoms with Crippen LogP contribution in [0, 0.1) is 0 Å². The zero-order valence-corrected chi connectivity index (χ0v) is 17.3. The smallest absolute Gasteiger partial charge is 0.251 e. The molecule has 30 heavy (non-hydrogen) atoms. The zero-order valence-electron chi connectivity index (χ0n) is 16.5. The van der Waals surface area contributed by atoms with E-state index in [4.69, 9.17) is 11.6 Å². The van der Waals surface area contributed by atoms with E-state index in [0.717, 1.165) is 35.7 Å². The molecule has 4 aromatic rings. The zero-order chi connectivity index (χ0) is 20.5. The van der Waals surface area contributed by atoms with Crippen LogP contribution < -0.4 is 5.32 Å². The lowest BCUT2D eigenvalue weighted by Gasteiger charge is -2.26. The standard InChI is InChI=1S/C25H22ClN3O/c26-21-8-3-5-17(13-21)16-29-24-14-19(11-12-20(24)15-27-29)25(30)28-23-10-4-7-18-6-1-2-9-22(18)23/h1-3,5-6,8-9,11-15,23H,4,7,10,16H2,(H,28,30)/t23-/m1/s1. The first-order valence-corrected chi connectivity index (χ1v) is 10.6.